The SMILES string of the molecule is O=C(c1ccccc1OCc1ccccc1)[C@H]1O[C@@H]1c1ccco1. The minimum absolute atomic E-state index is 0.0833. The monoisotopic (exact) mass is 320 g/mol. The molecule has 0 saturated carbocycles. The average molecular weight is 320 g/mol. The molecular formula is C20H16O4. The van der Waals surface area contributed by atoms with Gasteiger partial charge in [-0.15, -0.1) is 0 Å². The Bertz CT molecular complexity index is 824. The van der Waals surface area contributed by atoms with Gasteiger partial charge in [-0.1, -0.05) is 42.5 Å². The maximum absolute atomic E-state index is 12.7. The van der Waals surface area contributed by atoms with E-state index in [-0.39, 0.29) is 11.9 Å². The van der Waals surface area contributed by atoms with E-state index in [0.29, 0.717) is 23.7 Å². The van der Waals surface area contributed by atoms with E-state index in [0.717, 1.165) is 5.56 Å². The summed E-state index contributed by atoms with van der Waals surface area (Å²) in [6.45, 7) is 0.415. The highest BCUT2D eigenvalue weighted by molar-refractivity contribution is 6.03. The van der Waals surface area contributed by atoms with Crippen LogP contribution in [0.1, 0.15) is 27.8 Å². The fraction of sp³-hybridized carbons (Fsp3) is 0.150. The third-order valence-electron chi connectivity index (χ3n) is 3.96. The second-order valence-electron chi connectivity index (χ2n) is 5.63. The first kappa shape index (κ1) is 14.7. The van der Waals surface area contributed by atoms with Gasteiger partial charge in [-0.2, -0.15) is 0 Å². The van der Waals surface area contributed by atoms with Crippen LogP contribution in [0, 0.1) is 0 Å². The highest BCUT2D eigenvalue weighted by atomic mass is 16.6. The van der Waals surface area contributed by atoms with E-state index in [1.807, 2.05) is 48.5 Å². The maximum Gasteiger partial charge on any atom is 0.198 e. The molecule has 0 radical (unpaired) electrons. The minimum Gasteiger partial charge on any atom is -0.488 e. The average Bonchev–Trinajstić information content (AvgIpc) is 3.25. The molecule has 1 aliphatic heterocycles. The number of para-hydroxylation sites is 1. The first-order valence-corrected chi connectivity index (χ1v) is 7.82. The summed E-state index contributed by atoms with van der Waals surface area (Å²) in [5.41, 5.74) is 1.59. The molecule has 0 N–H and O–H groups in total. The molecule has 1 saturated heterocycles. The van der Waals surface area contributed by atoms with Crippen LogP contribution in [0.2, 0.25) is 0 Å². The van der Waals surface area contributed by atoms with E-state index in [1.165, 1.54) is 0 Å². The van der Waals surface area contributed by atoms with Gasteiger partial charge in [0.05, 0.1) is 11.8 Å². The third-order valence-corrected chi connectivity index (χ3v) is 3.96. The molecule has 0 aliphatic carbocycles. The number of furan rings is 1. The van der Waals surface area contributed by atoms with Crippen LogP contribution in [0.3, 0.4) is 0 Å². The molecule has 1 aromatic heterocycles. The van der Waals surface area contributed by atoms with Crippen molar-refractivity contribution in [1.82, 2.24) is 0 Å². The summed E-state index contributed by atoms with van der Waals surface area (Å²) in [5, 5.41) is 0. The number of epoxide rings is 1. The molecule has 0 spiro atoms. The van der Waals surface area contributed by atoms with Crippen LogP contribution in [0.15, 0.2) is 77.4 Å². The van der Waals surface area contributed by atoms with E-state index < -0.39 is 6.10 Å². The van der Waals surface area contributed by atoms with Gasteiger partial charge in [0, 0.05) is 0 Å². The van der Waals surface area contributed by atoms with Crippen LogP contribution in [-0.4, -0.2) is 11.9 Å². The smallest absolute Gasteiger partial charge is 0.198 e. The Balaban J connectivity index is 1.48. The summed E-state index contributed by atoms with van der Waals surface area (Å²) in [4.78, 5) is 12.7. The number of carbonyl (C=O) groups excluding carboxylic acids is 1. The van der Waals surface area contributed by atoms with Crippen LogP contribution in [0.5, 0.6) is 5.75 Å². The Morgan fingerprint density at radius 3 is 2.54 bits per heavy atom. The van der Waals surface area contributed by atoms with Crippen LogP contribution in [0.4, 0.5) is 0 Å². The summed E-state index contributed by atoms with van der Waals surface area (Å²) in [6.07, 6.45) is 0.780. The highest BCUT2D eigenvalue weighted by Crippen LogP contribution is 2.41. The van der Waals surface area contributed by atoms with Gasteiger partial charge in [-0.25, -0.2) is 0 Å². The van der Waals surface area contributed by atoms with Gasteiger partial charge in [0.25, 0.3) is 0 Å². The lowest BCUT2D eigenvalue weighted by atomic mass is 10.0. The summed E-state index contributed by atoms with van der Waals surface area (Å²) in [5.74, 6) is 1.16. The lowest BCUT2D eigenvalue weighted by molar-refractivity contribution is 0.0949. The number of hydrogen-bond donors (Lipinski definition) is 0. The zero-order valence-corrected chi connectivity index (χ0v) is 12.9. The third kappa shape index (κ3) is 2.96. The molecule has 0 unspecified atom stereocenters. The van der Waals surface area contributed by atoms with Crippen molar-refractivity contribution in [1.29, 1.82) is 0 Å². The van der Waals surface area contributed by atoms with Gasteiger partial charge in [-0.3, -0.25) is 4.79 Å². The van der Waals surface area contributed by atoms with Crippen molar-refractivity contribution >= 4 is 5.78 Å². The van der Waals surface area contributed by atoms with Crippen LogP contribution >= 0.6 is 0 Å². The molecule has 2 aromatic carbocycles. The summed E-state index contributed by atoms with van der Waals surface area (Å²) in [7, 11) is 0. The van der Waals surface area contributed by atoms with Crippen molar-refractivity contribution in [3.63, 3.8) is 0 Å². The first-order chi connectivity index (χ1) is 11.8. The summed E-state index contributed by atoms with van der Waals surface area (Å²) < 4.78 is 16.6. The molecular weight excluding hydrogens is 304 g/mol. The summed E-state index contributed by atoms with van der Waals surface area (Å²) in [6, 6.07) is 20.7. The van der Waals surface area contributed by atoms with Crippen LogP contribution in [0.25, 0.3) is 0 Å². The normalized spacial score (nSPS) is 19.0. The van der Waals surface area contributed by atoms with Crippen LogP contribution < -0.4 is 4.74 Å². The second kappa shape index (κ2) is 6.34. The standard InChI is InChI=1S/C20H16O4/c21-18(20-19(24-20)17-11-6-12-22-17)15-9-4-5-10-16(15)23-13-14-7-2-1-3-8-14/h1-12,19-20H,13H2/t19-,20-/m1/s1. The molecule has 2 heterocycles. The number of hydrogen-bond acceptors (Lipinski definition) is 4. The van der Waals surface area contributed by atoms with Crippen molar-refractivity contribution in [2.45, 2.75) is 18.8 Å². The molecule has 1 fully saturated rings. The van der Waals surface area contributed by atoms with E-state index in [4.69, 9.17) is 13.9 Å². The molecule has 1 aliphatic rings. The number of ether oxygens (including phenoxy) is 2. The van der Waals surface area contributed by atoms with Crippen molar-refractivity contribution in [2.75, 3.05) is 0 Å². The fourth-order valence-electron chi connectivity index (χ4n) is 2.67. The van der Waals surface area contributed by atoms with Gasteiger partial charge < -0.3 is 13.9 Å². The zero-order chi connectivity index (χ0) is 16.4. The van der Waals surface area contributed by atoms with Crippen molar-refractivity contribution < 1.29 is 18.7 Å². The first-order valence-electron chi connectivity index (χ1n) is 7.82. The molecule has 2 atom stereocenters. The van der Waals surface area contributed by atoms with E-state index in [2.05, 4.69) is 0 Å². The second-order valence-corrected chi connectivity index (χ2v) is 5.63. The lowest BCUT2D eigenvalue weighted by Crippen LogP contribution is -2.10. The van der Waals surface area contributed by atoms with Gasteiger partial charge in [-0.05, 0) is 29.8 Å². The van der Waals surface area contributed by atoms with Crippen LogP contribution in [-0.2, 0) is 11.3 Å². The molecule has 120 valence electrons. The van der Waals surface area contributed by atoms with E-state index >= 15 is 0 Å². The molecule has 0 amide bonds. The number of Topliss-reactive ketones (excluding diaryl/α,β-unsaturated/α-hetero) is 1. The number of ketones is 1. The zero-order valence-electron chi connectivity index (χ0n) is 12.9. The van der Waals surface area contributed by atoms with Crippen molar-refractivity contribution in [3.05, 3.63) is 89.9 Å². The van der Waals surface area contributed by atoms with E-state index in [1.54, 1.807) is 24.5 Å². The van der Waals surface area contributed by atoms with E-state index in [9.17, 15) is 4.79 Å². The van der Waals surface area contributed by atoms with Gasteiger partial charge in [0.2, 0.25) is 0 Å². The topological polar surface area (TPSA) is 52.0 Å². The Morgan fingerprint density at radius 1 is 0.958 bits per heavy atom. The minimum atomic E-state index is -0.502. The quantitative estimate of drug-likeness (QED) is 0.505. The number of rotatable bonds is 6. The molecule has 4 nitrogen and oxygen atoms in total. The Hall–Kier alpha value is -2.85. The van der Waals surface area contributed by atoms with Crippen molar-refractivity contribution in [3.8, 4) is 5.75 Å². The molecule has 24 heavy (non-hydrogen) atoms. The Kier molecular flexibility index (Phi) is 3.89. The van der Waals surface area contributed by atoms with Gasteiger partial charge in [0.1, 0.15) is 24.2 Å². The van der Waals surface area contributed by atoms with Crippen molar-refractivity contribution in [2.24, 2.45) is 0 Å². The number of carbonyl (C=O) groups is 1. The molecule has 4 heteroatoms. The fourth-order valence-corrected chi connectivity index (χ4v) is 2.67. The lowest BCUT2D eigenvalue weighted by Gasteiger charge is -2.10. The molecule has 4 rings (SSSR count). The summed E-state index contributed by atoms with van der Waals surface area (Å²) >= 11 is 0. The van der Waals surface area contributed by atoms with Gasteiger partial charge >= 0.3 is 0 Å². The largest absolute Gasteiger partial charge is 0.488 e. The predicted octanol–water partition coefficient (Wildman–Crippen LogP) is 4.18. The Labute approximate surface area is 139 Å². The molecule has 0 bridgehead atoms. The predicted molar refractivity (Wildman–Crippen MR) is 87.9 cm³/mol. The van der Waals surface area contributed by atoms with Gasteiger partial charge in [0.15, 0.2) is 11.9 Å². The number of benzene rings is 2. The molecule has 3 aromatic rings. The maximum atomic E-state index is 12.7. The Morgan fingerprint density at radius 2 is 1.75 bits per heavy atom. The highest BCUT2D eigenvalue weighted by Gasteiger charge is 2.48.